The van der Waals surface area contributed by atoms with Gasteiger partial charge in [0.1, 0.15) is 11.6 Å². The Kier molecular flexibility index (Phi) is 4.20. The minimum absolute atomic E-state index is 0.0940. The van der Waals surface area contributed by atoms with E-state index in [1.165, 1.54) is 6.07 Å². The molecular formula is C15H12F2N2O. The van der Waals surface area contributed by atoms with E-state index in [4.69, 9.17) is 0 Å². The molecule has 0 aliphatic rings. The fraction of sp³-hybridized carbons (Fsp3) is 0.0667. The smallest absolute Gasteiger partial charge is 0.267 e. The van der Waals surface area contributed by atoms with Crippen LogP contribution in [-0.2, 0) is 0 Å². The average molecular weight is 274 g/mol. The SMILES string of the molecule is Cc1ccccc1C(=O)N/N=C\c1ccc(F)cc1F. The normalized spacial score (nSPS) is 10.8. The van der Waals surface area contributed by atoms with Gasteiger partial charge in [-0.05, 0) is 30.7 Å². The lowest BCUT2D eigenvalue weighted by Crippen LogP contribution is -2.18. The van der Waals surface area contributed by atoms with Crippen LogP contribution in [0.3, 0.4) is 0 Å². The van der Waals surface area contributed by atoms with E-state index in [1.54, 1.807) is 25.1 Å². The highest BCUT2D eigenvalue weighted by Gasteiger charge is 2.06. The van der Waals surface area contributed by atoms with E-state index in [9.17, 15) is 13.6 Å². The van der Waals surface area contributed by atoms with Crippen molar-refractivity contribution in [2.24, 2.45) is 5.10 Å². The molecule has 0 spiro atoms. The van der Waals surface area contributed by atoms with Crippen LogP contribution in [0.15, 0.2) is 47.6 Å². The molecule has 0 unspecified atom stereocenters. The van der Waals surface area contributed by atoms with E-state index in [1.807, 2.05) is 6.07 Å². The number of rotatable bonds is 3. The lowest BCUT2D eigenvalue weighted by molar-refractivity contribution is 0.0954. The second-order valence-corrected chi connectivity index (χ2v) is 4.18. The number of hydrogen-bond donors (Lipinski definition) is 1. The monoisotopic (exact) mass is 274 g/mol. The molecule has 0 atom stereocenters. The van der Waals surface area contributed by atoms with E-state index < -0.39 is 11.6 Å². The van der Waals surface area contributed by atoms with E-state index in [2.05, 4.69) is 10.5 Å². The zero-order chi connectivity index (χ0) is 14.5. The first-order valence-electron chi connectivity index (χ1n) is 5.92. The van der Waals surface area contributed by atoms with Crippen molar-refractivity contribution in [3.63, 3.8) is 0 Å². The van der Waals surface area contributed by atoms with E-state index >= 15 is 0 Å². The number of aryl methyl sites for hydroxylation is 1. The maximum absolute atomic E-state index is 13.3. The summed E-state index contributed by atoms with van der Waals surface area (Å²) in [4.78, 5) is 11.8. The average Bonchev–Trinajstić information content (AvgIpc) is 2.41. The maximum atomic E-state index is 13.3. The van der Waals surface area contributed by atoms with Gasteiger partial charge in [-0.15, -0.1) is 0 Å². The third kappa shape index (κ3) is 3.26. The van der Waals surface area contributed by atoms with Crippen LogP contribution in [-0.4, -0.2) is 12.1 Å². The first-order valence-corrected chi connectivity index (χ1v) is 5.92. The number of carbonyl (C=O) groups is 1. The highest BCUT2D eigenvalue weighted by molar-refractivity contribution is 5.96. The quantitative estimate of drug-likeness (QED) is 0.678. The lowest BCUT2D eigenvalue weighted by Gasteiger charge is -2.03. The Balaban J connectivity index is 2.07. The van der Waals surface area contributed by atoms with Crippen LogP contribution in [0, 0.1) is 18.6 Å². The third-order valence-corrected chi connectivity index (χ3v) is 2.72. The summed E-state index contributed by atoms with van der Waals surface area (Å²) in [6, 6.07) is 10.2. The van der Waals surface area contributed by atoms with Gasteiger partial charge in [0.05, 0.1) is 6.21 Å². The van der Waals surface area contributed by atoms with Crippen molar-refractivity contribution >= 4 is 12.1 Å². The van der Waals surface area contributed by atoms with Crippen molar-refractivity contribution in [2.45, 2.75) is 6.92 Å². The molecular weight excluding hydrogens is 262 g/mol. The molecule has 5 heteroatoms. The van der Waals surface area contributed by atoms with Crippen LogP contribution in [0.5, 0.6) is 0 Å². The zero-order valence-corrected chi connectivity index (χ0v) is 10.7. The predicted octanol–water partition coefficient (Wildman–Crippen LogP) is 3.04. The lowest BCUT2D eigenvalue weighted by atomic mass is 10.1. The number of halogens is 2. The first kappa shape index (κ1) is 13.9. The van der Waals surface area contributed by atoms with Gasteiger partial charge in [0.2, 0.25) is 0 Å². The topological polar surface area (TPSA) is 41.5 Å². The van der Waals surface area contributed by atoms with Crippen LogP contribution in [0.4, 0.5) is 8.78 Å². The molecule has 2 aromatic carbocycles. The highest BCUT2D eigenvalue weighted by Crippen LogP contribution is 2.08. The Morgan fingerprint density at radius 3 is 2.65 bits per heavy atom. The molecule has 3 nitrogen and oxygen atoms in total. The van der Waals surface area contributed by atoms with Crippen LogP contribution in [0.2, 0.25) is 0 Å². The van der Waals surface area contributed by atoms with Gasteiger partial charge in [0, 0.05) is 17.2 Å². The van der Waals surface area contributed by atoms with E-state index in [0.717, 1.165) is 23.9 Å². The molecule has 2 aromatic rings. The van der Waals surface area contributed by atoms with Gasteiger partial charge in [-0.2, -0.15) is 5.10 Å². The summed E-state index contributed by atoms with van der Waals surface area (Å²) in [6.45, 7) is 1.80. The maximum Gasteiger partial charge on any atom is 0.271 e. The Labute approximate surface area is 114 Å². The number of hydrazone groups is 1. The molecule has 1 amide bonds. The van der Waals surface area contributed by atoms with Gasteiger partial charge >= 0.3 is 0 Å². The molecule has 20 heavy (non-hydrogen) atoms. The van der Waals surface area contributed by atoms with Crippen molar-refractivity contribution in [3.8, 4) is 0 Å². The summed E-state index contributed by atoms with van der Waals surface area (Å²) >= 11 is 0. The number of hydrogen-bond acceptors (Lipinski definition) is 2. The molecule has 0 heterocycles. The van der Waals surface area contributed by atoms with Crippen LogP contribution < -0.4 is 5.43 Å². The van der Waals surface area contributed by atoms with Crippen molar-refractivity contribution < 1.29 is 13.6 Å². The predicted molar refractivity (Wildman–Crippen MR) is 72.6 cm³/mol. The Morgan fingerprint density at radius 1 is 1.20 bits per heavy atom. The largest absolute Gasteiger partial charge is 0.271 e. The second-order valence-electron chi connectivity index (χ2n) is 4.18. The number of nitrogens with one attached hydrogen (secondary N) is 1. The molecule has 0 bridgehead atoms. The summed E-state index contributed by atoms with van der Waals surface area (Å²) in [6.07, 6.45) is 1.13. The van der Waals surface area contributed by atoms with Crippen molar-refractivity contribution in [1.29, 1.82) is 0 Å². The van der Waals surface area contributed by atoms with Crippen LogP contribution >= 0.6 is 0 Å². The molecule has 0 radical (unpaired) electrons. The van der Waals surface area contributed by atoms with Gasteiger partial charge in [0.25, 0.3) is 5.91 Å². The standard InChI is InChI=1S/C15H12F2N2O/c1-10-4-2-3-5-13(10)15(20)19-18-9-11-6-7-12(16)8-14(11)17/h2-9H,1H3,(H,19,20)/b18-9-. The fourth-order valence-electron chi connectivity index (χ4n) is 1.65. The molecule has 0 aliphatic heterocycles. The van der Waals surface area contributed by atoms with Gasteiger partial charge in [-0.25, -0.2) is 14.2 Å². The zero-order valence-electron chi connectivity index (χ0n) is 10.7. The third-order valence-electron chi connectivity index (χ3n) is 2.72. The minimum atomic E-state index is -0.737. The van der Waals surface area contributed by atoms with Gasteiger partial charge < -0.3 is 0 Å². The first-order chi connectivity index (χ1) is 9.58. The molecule has 0 fully saturated rings. The Morgan fingerprint density at radius 2 is 1.95 bits per heavy atom. The molecule has 102 valence electrons. The van der Waals surface area contributed by atoms with Crippen molar-refractivity contribution in [1.82, 2.24) is 5.43 Å². The molecule has 0 saturated carbocycles. The van der Waals surface area contributed by atoms with E-state index in [0.29, 0.717) is 5.56 Å². The number of nitrogens with zero attached hydrogens (tertiary/aromatic N) is 1. The van der Waals surface area contributed by atoms with Gasteiger partial charge in [-0.3, -0.25) is 4.79 Å². The summed E-state index contributed by atoms with van der Waals surface area (Å²) in [5, 5.41) is 3.66. The molecule has 0 aromatic heterocycles. The molecule has 2 rings (SSSR count). The Hall–Kier alpha value is -2.56. The Bertz CT molecular complexity index is 669. The van der Waals surface area contributed by atoms with Crippen LogP contribution in [0.25, 0.3) is 0 Å². The molecule has 0 saturated heterocycles. The van der Waals surface area contributed by atoms with Gasteiger partial charge in [0.15, 0.2) is 0 Å². The number of amides is 1. The summed E-state index contributed by atoms with van der Waals surface area (Å²) in [5.74, 6) is -1.79. The summed E-state index contributed by atoms with van der Waals surface area (Å²) < 4.78 is 26.0. The number of benzene rings is 2. The fourth-order valence-corrected chi connectivity index (χ4v) is 1.65. The van der Waals surface area contributed by atoms with Gasteiger partial charge in [-0.1, -0.05) is 18.2 Å². The number of carbonyl (C=O) groups excluding carboxylic acids is 1. The van der Waals surface area contributed by atoms with Crippen molar-refractivity contribution in [2.75, 3.05) is 0 Å². The molecule has 0 aliphatic carbocycles. The second kappa shape index (κ2) is 6.06. The summed E-state index contributed by atoms with van der Waals surface area (Å²) in [7, 11) is 0. The van der Waals surface area contributed by atoms with Crippen LogP contribution in [0.1, 0.15) is 21.5 Å². The summed E-state index contributed by atoms with van der Waals surface area (Å²) in [5.41, 5.74) is 3.70. The van der Waals surface area contributed by atoms with Crippen molar-refractivity contribution in [3.05, 3.63) is 70.8 Å². The highest BCUT2D eigenvalue weighted by atomic mass is 19.1. The molecule has 1 N–H and O–H groups in total. The minimum Gasteiger partial charge on any atom is -0.267 e. The van der Waals surface area contributed by atoms with E-state index in [-0.39, 0.29) is 11.5 Å².